The number of hydrogen-bond donors (Lipinski definition) is 0. The molecule has 0 saturated heterocycles. The quantitative estimate of drug-likeness (QED) is 0.666. The highest BCUT2D eigenvalue weighted by Crippen LogP contribution is 2.04. The topological polar surface area (TPSA) is 30.0 Å². The van der Waals surface area contributed by atoms with Crippen molar-refractivity contribution in [1.29, 1.82) is 0 Å². The van der Waals surface area contributed by atoms with Gasteiger partial charge in [-0.05, 0) is 17.9 Å². The average molecular weight is 181 g/mol. The third-order valence-electron chi connectivity index (χ3n) is 1.42. The van der Waals surface area contributed by atoms with Gasteiger partial charge in [0.1, 0.15) is 0 Å². The highest BCUT2D eigenvalue weighted by molar-refractivity contribution is 7.99. The number of aromatic nitrogens is 1. The van der Waals surface area contributed by atoms with Crippen LogP contribution < -0.4 is 0 Å². The van der Waals surface area contributed by atoms with Gasteiger partial charge in [-0.15, -0.1) is 0 Å². The van der Waals surface area contributed by atoms with Crippen molar-refractivity contribution >= 4 is 17.5 Å². The average Bonchev–Trinajstić information content (AvgIpc) is 2.15. The SMILES string of the molecule is CCSCC(=O)c1cccnc1. The first-order chi connectivity index (χ1) is 5.84. The zero-order chi connectivity index (χ0) is 8.81. The summed E-state index contributed by atoms with van der Waals surface area (Å²) in [6.45, 7) is 2.04. The standard InChI is InChI=1S/C9H11NOS/c1-2-12-7-9(11)8-4-3-5-10-6-8/h3-6H,2,7H2,1H3. The van der Waals surface area contributed by atoms with Crippen LogP contribution in [0.4, 0.5) is 0 Å². The van der Waals surface area contributed by atoms with Gasteiger partial charge in [-0.1, -0.05) is 6.92 Å². The molecular weight excluding hydrogens is 170 g/mol. The minimum atomic E-state index is 0.162. The zero-order valence-electron chi connectivity index (χ0n) is 6.99. The Kier molecular flexibility index (Phi) is 3.80. The number of nitrogens with zero attached hydrogens (tertiary/aromatic N) is 1. The summed E-state index contributed by atoms with van der Waals surface area (Å²) in [4.78, 5) is 15.2. The number of ketones is 1. The van der Waals surface area contributed by atoms with Crippen LogP contribution in [0.1, 0.15) is 17.3 Å². The maximum absolute atomic E-state index is 11.3. The van der Waals surface area contributed by atoms with E-state index in [1.54, 1.807) is 36.3 Å². The van der Waals surface area contributed by atoms with E-state index in [-0.39, 0.29) is 5.78 Å². The van der Waals surface area contributed by atoms with Crippen LogP contribution in [0.25, 0.3) is 0 Å². The van der Waals surface area contributed by atoms with Crippen LogP contribution >= 0.6 is 11.8 Å². The van der Waals surface area contributed by atoms with Crippen LogP contribution in [0.5, 0.6) is 0 Å². The lowest BCUT2D eigenvalue weighted by atomic mass is 10.2. The van der Waals surface area contributed by atoms with E-state index in [2.05, 4.69) is 4.98 Å². The number of carbonyl (C=O) groups is 1. The van der Waals surface area contributed by atoms with Crippen LogP contribution in [0.3, 0.4) is 0 Å². The summed E-state index contributed by atoms with van der Waals surface area (Å²) in [6.07, 6.45) is 3.28. The Morgan fingerprint density at radius 3 is 3.08 bits per heavy atom. The van der Waals surface area contributed by atoms with E-state index in [9.17, 15) is 4.79 Å². The summed E-state index contributed by atoms with van der Waals surface area (Å²) in [5.74, 6) is 1.70. The molecule has 0 fully saturated rings. The first-order valence-electron chi connectivity index (χ1n) is 3.85. The molecule has 0 N–H and O–H groups in total. The van der Waals surface area contributed by atoms with Gasteiger partial charge >= 0.3 is 0 Å². The van der Waals surface area contributed by atoms with Gasteiger partial charge in [-0.25, -0.2) is 0 Å². The molecule has 0 aliphatic heterocycles. The second-order valence-electron chi connectivity index (χ2n) is 2.30. The van der Waals surface area contributed by atoms with Crippen molar-refractivity contribution < 1.29 is 4.79 Å². The molecule has 0 spiro atoms. The highest BCUT2D eigenvalue weighted by atomic mass is 32.2. The monoisotopic (exact) mass is 181 g/mol. The van der Waals surface area contributed by atoms with Gasteiger partial charge in [-0.2, -0.15) is 11.8 Å². The zero-order valence-corrected chi connectivity index (χ0v) is 7.80. The van der Waals surface area contributed by atoms with Crippen molar-refractivity contribution in [2.75, 3.05) is 11.5 Å². The lowest BCUT2D eigenvalue weighted by Crippen LogP contribution is -2.02. The molecule has 1 aromatic heterocycles. The van der Waals surface area contributed by atoms with Crippen molar-refractivity contribution in [1.82, 2.24) is 4.98 Å². The molecule has 1 aromatic rings. The predicted molar refractivity (Wildman–Crippen MR) is 51.6 cm³/mol. The Morgan fingerprint density at radius 1 is 1.67 bits per heavy atom. The minimum absolute atomic E-state index is 0.162. The fourth-order valence-electron chi connectivity index (χ4n) is 0.806. The van der Waals surface area contributed by atoms with Gasteiger partial charge in [0.15, 0.2) is 5.78 Å². The minimum Gasteiger partial charge on any atom is -0.293 e. The number of carbonyl (C=O) groups excluding carboxylic acids is 1. The number of rotatable bonds is 4. The third kappa shape index (κ3) is 2.66. The molecule has 64 valence electrons. The second kappa shape index (κ2) is 4.93. The number of Topliss-reactive ketones (excluding diaryl/α,β-unsaturated/α-hetero) is 1. The van der Waals surface area contributed by atoms with Crippen LogP contribution in [0, 0.1) is 0 Å². The van der Waals surface area contributed by atoms with Gasteiger partial charge in [-0.3, -0.25) is 9.78 Å². The van der Waals surface area contributed by atoms with Crippen LogP contribution in [-0.4, -0.2) is 22.3 Å². The summed E-state index contributed by atoms with van der Waals surface area (Å²) in [5.41, 5.74) is 0.707. The van der Waals surface area contributed by atoms with Gasteiger partial charge in [0, 0.05) is 18.0 Å². The molecule has 0 amide bonds. The maximum Gasteiger partial charge on any atom is 0.174 e. The van der Waals surface area contributed by atoms with Crippen LogP contribution in [0.15, 0.2) is 24.5 Å². The van der Waals surface area contributed by atoms with Crippen molar-refractivity contribution in [2.45, 2.75) is 6.92 Å². The summed E-state index contributed by atoms with van der Waals surface area (Å²) in [6, 6.07) is 3.58. The van der Waals surface area contributed by atoms with Crippen LogP contribution in [-0.2, 0) is 0 Å². The fraction of sp³-hybridized carbons (Fsp3) is 0.333. The molecule has 0 unspecified atom stereocenters. The molecule has 2 nitrogen and oxygen atoms in total. The molecule has 3 heteroatoms. The fourth-order valence-corrected chi connectivity index (χ4v) is 1.36. The Morgan fingerprint density at radius 2 is 2.50 bits per heavy atom. The van der Waals surface area contributed by atoms with E-state index < -0.39 is 0 Å². The van der Waals surface area contributed by atoms with Crippen molar-refractivity contribution in [3.8, 4) is 0 Å². The van der Waals surface area contributed by atoms with E-state index in [4.69, 9.17) is 0 Å². The normalized spacial score (nSPS) is 9.75. The lowest BCUT2D eigenvalue weighted by molar-refractivity contribution is 0.102. The first-order valence-corrected chi connectivity index (χ1v) is 5.01. The van der Waals surface area contributed by atoms with Crippen molar-refractivity contribution in [2.24, 2.45) is 0 Å². The Hall–Kier alpha value is -0.830. The molecule has 0 aliphatic carbocycles. The summed E-state index contributed by atoms with van der Waals surface area (Å²) >= 11 is 1.63. The number of pyridine rings is 1. The second-order valence-corrected chi connectivity index (χ2v) is 3.58. The van der Waals surface area contributed by atoms with Crippen molar-refractivity contribution in [3.05, 3.63) is 30.1 Å². The third-order valence-corrected chi connectivity index (χ3v) is 2.30. The Balaban J connectivity index is 2.54. The molecule has 0 atom stereocenters. The molecule has 0 radical (unpaired) electrons. The Labute approximate surface area is 76.4 Å². The van der Waals surface area contributed by atoms with E-state index >= 15 is 0 Å². The highest BCUT2D eigenvalue weighted by Gasteiger charge is 2.03. The number of hydrogen-bond acceptors (Lipinski definition) is 3. The van der Waals surface area contributed by atoms with E-state index in [1.165, 1.54) is 0 Å². The van der Waals surface area contributed by atoms with Gasteiger partial charge in [0.05, 0.1) is 5.75 Å². The van der Waals surface area contributed by atoms with E-state index in [0.29, 0.717) is 11.3 Å². The summed E-state index contributed by atoms with van der Waals surface area (Å²) < 4.78 is 0. The molecular formula is C9H11NOS. The molecule has 1 heterocycles. The maximum atomic E-state index is 11.3. The molecule has 0 aromatic carbocycles. The van der Waals surface area contributed by atoms with Gasteiger partial charge < -0.3 is 0 Å². The predicted octanol–water partition coefficient (Wildman–Crippen LogP) is 2.02. The first kappa shape index (κ1) is 9.26. The molecule has 0 saturated carbocycles. The molecule has 0 bridgehead atoms. The summed E-state index contributed by atoms with van der Waals surface area (Å²) in [7, 11) is 0. The largest absolute Gasteiger partial charge is 0.293 e. The van der Waals surface area contributed by atoms with Gasteiger partial charge in [0.25, 0.3) is 0 Å². The van der Waals surface area contributed by atoms with Crippen LogP contribution in [0.2, 0.25) is 0 Å². The molecule has 12 heavy (non-hydrogen) atoms. The van der Waals surface area contributed by atoms with E-state index in [0.717, 1.165) is 5.75 Å². The lowest BCUT2D eigenvalue weighted by Gasteiger charge is -1.97. The molecule has 1 rings (SSSR count). The van der Waals surface area contributed by atoms with Gasteiger partial charge in [0.2, 0.25) is 0 Å². The summed E-state index contributed by atoms with van der Waals surface area (Å²) in [5, 5.41) is 0. The Bertz CT molecular complexity index is 248. The number of thioether (sulfide) groups is 1. The van der Waals surface area contributed by atoms with E-state index in [1.807, 2.05) is 6.92 Å². The molecule has 0 aliphatic rings. The van der Waals surface area contributed by atoms with Crippen molar-refractivity contribution in [3.63, 3.8) is 0 Å². The smallest absolute Gasteiger partial charge is 0.174 e.